The molecule has 0 bridgehead atoms. The summed E-state index contributed by atoms with van der Waals surface area (Å²) in [6.07, 6.45) is 0. The van der Waals surface area contributed by atoms with E-state index < -0.39 is 0 Å². The van der Waals surface area contributed by atoms with Crippen molar-refractivity contribution in [2.45, 2.75) is 6.92 Å². The number of hydrogen-bond donors (Lipinski definition) is 3. The van der Waals surface area contributed by atoms with Crippen LogP contribution >= 0.6 is 0 Å². The second kappa shape index (κ2) is 7.70. The zero-order valence-corrected chi connectivity index (χ0v) is 17.5. The Hall–Kier alpha value is -4.39. The number of aromatic amines is 1. The number of oxime groups is 1. The lowest BCUT2D eigenvalue weighted by Crippen LogP contribution is -2.00. The van der Waals surface area contributed by atoms with Gasteiger partial charge in [-0.3, -0.25) is 0 Å². The van der Waals surface area contributed by atoms with Gasteiger partial charge >= 0.3 is 0 Å². The Morgan fingerprint density at radius 2 is 1.81 bits per heavy atom. The minimum Gasteiger partial charge on any atom is -0.497 e. The van der Waals surface area contributed by atoms with Crippen molar-refractivity contribution in [2.75, 3.05) is 12.4 Å². The van der Waals surface area contributed by atoms with Crippen LogP contribution in [-0.4, -0.2) is 23.0 Å². The van der Waals surface area contributed by atoms with Gasteiger partial charge in [0.1, 0.15) is 17.3 Å². The first-order valence-corrected chi connectivity index (χ1v) is 10.1. The van der Waals surface area contributed by atoms with E-state index in [1.807, 2.05) is 66.7 Å². The lowest BCUT2D eigenvalue weighted by atomic mass is 10.0. The molecule has 5 rings (SSSR count). The van der Waals surface area contributed by atoms with E-state index in [-0.39, 0.29) is 0 Å². The number of pyridine rings is 1. The minimum absolute atomic E-state index is 0.388. The van der Waals surface area contributed by atoms with Crippen LogP contribution < -0.4 is 10.1 Å². The van der Waals surface area contributed by atoms with Crippen molar-refractivity contribution in [3.8, 4) is 16.9 Å². The van der Waals surface area contributed by atoms with Crippen molar-refractivity contribution in [3.63, 3.8) is 0 Å². The van der Waals surface area contributed by atoms with Crippen molar-refractivity contribution in [3.05, 3.63) is 77.2 Å². The van der Waals surface area contributed by atoms with Crippen molar-refractivity contribution < 1.29 is 9.94 Å². The highest BCUT2D eigenvalue weighted by molar-refractivity contribution is 6.22. The molecule has 3 N–H and O–H groups in total. The fourth-order valence-electron chi connectivity index (χ4n) is 4.19. The van der Waals surface area contributed by atoms with Gasteiger partial charge in [0.15, 0.2) is 0 Å². The maximum atomic E-state index is 12.0. The number of H-pyrrole nitrogens is 1. The monoisotopic (exact) mass is 424 g/mol. The molecule has 7 nitrogen and oxygen atoms in total. The van der Waals surface area contributed by atoms with Crippen LogP contribution in [0.5, 0.6) is 5.75 Å². The number of nitrogens with zero attached hydrogens (tertiary/aromatic N) is 2. The molecule has 0 saturated carbocycles. The first-order valence-electron chi connectivity index (χ1n) is 10.1. The summed E-state index contributed by atoms with van der Waals surface area (Å²) in [5.74, 6) is 1.39. The maximum Gasteiger partial charge on any atom is 0.124 e. The molecule has 1 heterocycles. The average molecular weight is 424 g/mol. The van der Waals surface area contributed by atoms with Gasteiger partial charge < -0.3 is 20.2 Å². The van der Waals surface area contributed by atoms with Gasteiger partial charge in [0.2, 0.25) is 0 Å². The quantitative estimate of drug-likeness (QED) is 0.125. The molecule has 2 aliphatic rings. The smallest absolute Gasteiger partial charge is 0.124 e. The third-order valence-electron chi connectivity index (χ3n) is 5.74. The summed E-state index contributed by atoms with van der Waals surface area (Å²) in [5.41, 5.74) is 5.03. The fraction of sp³-hybridized carbons (Fsp3) is 0.0800. The highest BCUT2D eigenvalue weighted by Gasteiger charge is 2.25. The third kappa shape index (κ3) is 3.02. The van der Waals surface area contributed by atoms with Gasteiger partial charge in [-0.2, -0.15) is 0 Å². The molecule has 3 aromatic carbocycles. The molecule has 1 aliphatic heterocycles. The first kappa shape index (κ1) is 19.6. The number of anilines is 2. The molecule has 0 amide bonds. The molecule has 1 aliphatic carbocycles. The van der Waals surface area contributed by atoms with E-state index in [4.69, 9.17) is 9.94 Å². The van der Waals surface area contributed by atoms with E-state index in [9.17, 15) is 4.91 Å². The number of hydrogen-bond acceptors (Lipinski definition) is 6. The van der Waals surface area contributed by atoms with Crippen molar-refractivity contribution in [1.82, 2.24) is 4.98 Å². The number of benzene rings is 3. The Balaban J connectivity index is 1.81. The largest absolute Gasteiger partial charge is 0.497 e. The van der Waals surface area contributed by atoms with Gasteiger partial charge in [-0.15, -0.1) is 4.91 Å². The molecule has 32 heavy (non-hydrogen) atoms. The van der Waals surface area contributed by atoms with Gasteiger partial charge in [0.05, 0.1) is 12.8 Å². The molecule has 7 heteroatoms. The second-order valence-corrected chi connectivity index (χ2v) is 7.54. The predicted octanol–water partition coefficient (Wildman–Crippen LogP) is 6.77. The highest BCUT2D eigenvalue weighted by atomic mass is 16.5. The Bertz CT molecular complexity index is 1490. The molecular weight excluding hydrogens is 404 g/mol. The number of fused-ring (bicyclic) bond motifs is 5. The molecule has 0 saturated heterocycles. The lowest BCUT2D eigenvalue weighted by molar-refractivity contribution is 0.319. The average Bonchev–Trinajstić information content (AvgIpc) is 3.17. The number of rotatable bonds is 5. The number of nitrogens with one attached hydrogen (secondary N) is 2. The molecule has 0 aromatic heterocycles. The molecule has 158 valence electrons. The summed E-state index contributed by atoms with van der Waals surface area (Å²) in [7, 11) is 1.60. The summed E-state index contributed by atoms with van der Waals surface area (Å²) < 4.78 is 5.38. The summed E-state index contributed by atoms with van der Waals surface area (Å²) in [6.45, 7) is 1.74. The number of nitroso groups, excluding NO2 is 1. The van der Waals surface area contributed by atoms with Crippen molar-refractivity contribution >= 4 is 44.6 Å². The molecule has 0 radical (unpaired) electrons. The molecule has 0 unspecified atom stereocenters. The van der Waals surface area contributed by atoms with E-state index in [0.717, 1.165) is 49.9 Å². The standard InChI is InChI=1S/C25H20N4O3/c1-14(28-30)15-6-5-7-16(12-15)26-25-23-18-11-10-17(32-2)13-20(18)24(29-31)22(23)19-8-3-4-9-21(19)27-25/h3-13,26-27,30H,1-2H3/b28-14+. The van der Waals surface area contributed by atoms with Crippen LogP contribution in [0.2, 0.25) is 0 Å². The van der Waals surface area contributed by atoms with E-state index in [0.29, 0.717) is 17.1 Å². The summed E-state index contributed by atoms with van der Waals surface area (Å²) in [5, 5.41) is 21.8. The van der Waals surface area contributed by atoms with Gasteiger partial charge in [-0.05, 0) is 53.9 Å². The lowest BCUT2D eigenvalue weighted by Gasteiger charge is -2.16. The SMILES string of the molecule is COc1ccc2c3c(Nc4cccc(/C(C)=N/O)c4)[nH]c4ccccc4c-3c(N=O)c2c1. The number of methoxy groups -OCH3 is 1. The Morgan fingerprint density at radius 3 is 2.59 bits per heavy atom. The Morgan fingerprint density at radius 1 is 0.969 bits per heavy atom. The van der Waals surface area contributed by atoms with Gasteiger partial charge in [-0.25, -0.2) is 0 Å². The maximum absolute atomic E-state index is 12.0. The van der Waals surface area contributed by atoms with E-state index >= 15 is 0 Å². The van der Waals surface area contributed by atoms with Crippen LogP contribution in [0.1, 0.15) is 12.5 Å². The van der Waals surface area contributed by atoms with E-state index in [1.54, 1.807) is 14.0 Å². The second-order valence-electron chi connectivity index (χ2n) is 7.54. The zero-order valence-electron chi connectivity index (χ0n) is 17.5. The van der Waals surface area contributed by atoms with Crippen molar-refractivity contribution in [2.24, 2.45) is 10.3 Å². The van der Waals surface area contributed by atoms with Crippen LogP contribution in [-0.2, 0) is 0 Å². The minimum atomic E-state index is 0.388. The fourth-order valence-corrected chi connectivity index (χ4v) is 4.19. The van der Waals surface area contributed by atoms with Crippen LogP contribution in [0.25, 0.3) is 32.8 Å². The number of para-hydroxylation sites is 1. The van der Waals surface area contributed by atoms with Crippen LogP contribution in [0.3, 0.4) is 0 Å². The summed E-state index contributed by atoms with van der Waals surface area (Å²) in [6, 6.07) is 21.1. The van der Waals surface area contributed by atoms with Gasteiger partial charge in [0, 0.05) is 38.7 Å². The van der Waals surface area contributed by atoms with E-state index in [1.165, 1.54) is 0 Å². The van der Waals surface area contributed by atoms with Gasteiger partial charge in [0.25, 0.3) is 0 Å². The normalized spacial score (nSPS) is 11.9. The van der Waals surface area contributed by atoms with Crippen LogP contribution in [0.4, 0.5) is 17.2 Å². The Kier molecular flexibility index (Phi) is 4.71. The topological polar surface area (TPSA) is 99.1 Å². The zero-order chi connectivity index (χ0) is 22.2. The summed E-state index contributed by atoms with van der Waals surface area (Å²) in [4.78, 5) is 15.5. The van der Waals surface area contributed by atoms with Crippen LogP contribution in [0.15, 0.2) is 77.1 Å². The predicted molar refractivity (Wildman–Crippen MR) is 128 cm³/mol. The number of aromatic nitrogens is 1. The highest BCUT2D eigenvalue weighted by Crippen LogP contribution is 2.51. The number of ether oxygens (including phenoxy) is 1. The Labute approximate surface area is 183 Å². The van der Waals surface area contributed by atoms with E-state index in [2.05, 4.69) is 20.6 Å². The molecule has 3 aromatic rings. The van der Waals surface area contributed by atoms with Gasteiger partial charge in [-0.1, -0.05) is 35.5 Å². The molecular formula is C25H20N4O3. The molecule has 0 spiro atoms. The molecule has 0 fully saturated rings. The third-order valence-corrected chi connectivity index (χ3v) is 5.74. The van der Waals surface area contributed by atoms with Crippen LogP contribution in [0, 0.1) is 4.91 Å². The molecule has 0 atom stereocenters. The van der Waals surface area contributed by atoms with Crippen molar-refractivity contribution in [1.29, 1.82) is 0 Å². The summed E-state index contributed by atoms with van der Waals surface area (Å²) >= 11 is 0. The first-order chi connectivity index (χ1) is 15.6.